The van der Waals surface area contributed by atoms with Gasteiger partial charge >= 0.3 is 6.43 Å². The van der Waals surface area contributed by atoms with Gasteiger partial charge in [0.2, 0.25) is 12.3 Å². The summed E-state index contributed by atoms with van der Waals surface area (Å²) in [7, 11) is 3.87. The van der Waals surface area contributed by atoms with Crippen LogP contribution in [0.15, 0.2) is 59.0 Å². The maximum Gasteiger partial charge on any atom is 0.314 e. The number of hydrogen-bond donors (Lipinski definition) is 0. The van der Waals surface area contributed by atoms with Crippen LogP contribution in [0.2, 0.25) is 0 Å². The number of carbonyl (C=O) groups excluding carboxylic acids is 1. The molecule has 3 aromatic carbocycles. The molecule has 12 heteroatoms. The van der Waals surface area contributed by atoms with Crippen molar-refractivity contribution < 1.29 is 31.2 Å². The fourth-order valence-electron chi connectivity index (χ4n) is 5.14. The van der Waals surface area contributed by atoms with Crippen molar-refractivity contribution in [3.05, 3.63) is 83.5 Å². The molecule has 1 aromatic heterocycles. The summed E-state index contributed by atoms with van der Waals surface area (Å²) in [4.78, 5) is 17.7. The summed E-state index contributed by atoms with van der Waals surface area (Å²) in [6.45, 7) is 1.42. The van der Waals surface area contributed by atoms with Crippen LogP contribution in [0.4, 0.5) is 33.3 Å². The van der Waals surface area contributed by atoms with Gasteiger partial charge in [0.1, 0.15) is 17.5 Å². The fourth-order valence-corrected chi connectivity index (χ4v) is 5.14. The van der Waals surface area contributed by atoms with Crippen LogP contribution >= 0.6 is 0 Å². The highest BCUT2D eigenvalue weighted by Crippen LogP contribution is 2.39. The zero-order valence-electron chi connectivity index (χ0n) is 22.9. The average molecular weight is 586 g/mol. The number of likely N-dealkylation sites (tertiary alicyclic amines) is 1. The molecule has 1 amide bonds. The van der Waals surface area contributed by atoms with E-state index in [1.54, 1.807) is 6.07 Å². The number of amides is 1. The van der Waals surface area contributed by atoms with Crippen molar-refractivity contribution in [3.63, 3.8) is 0 Å². The van der Waals surface area contributed by atoms with Crippen LogP contribution in [-0.4, -0.2) is 54.7 Å². The van der Waals surface area contributed by atoms with E-state index in [1.165, 1.54) is 41.3 Å². The minimum Gasteiger partial charge on any atom is -0.415 e. The molecule has 2 heterocycles. The zero-order valence-corrected chi connectivity index (χ0v) is 22.9. The highest BCUT2D eigenvalue weighted by Gasteiger charge is 2.27. The lowest BCUT2D eigenvalue weighted by Gasteiger charge is -2.38. The number of benzene rings is 3. The molecule has 1 aliphatic rings. The van der Waals surface area contributed by atoms with Crippen molar-refractivity contribution in [3.8, 4) is 22.6 Å². The van der Waals surface area contributed by atoms with Gasteiger partial charge in [-0.3, -0.25) is 4.79 Å². The second kappa shape index (κ2) is 12.3. The Morgan fingerprint density at radius 1 is 0.952 bits per heavy atom. The number of aromatic nitrogens is 2. The highest BCUT2D eigenvalue weighted by molar-refractivity contribution is 5.87. The largest absolute Gasteiger partial charge is 0.415 e. The molecule has 0 radical (unpaired) electrons. The van der Waals surface area contributed by atoms with Gasteiger partial charge in [0.25, 0.3) is 5.89 Å². The second-order valence-corrected chi connectivity index (χ2v) is 10.2. The number of nitrogens with zero attached hydrogens (tertiary/aromatic N) is 5. The molecule has 0 spiro atoms. The first-order chi connectivity index (χ1) is 20.2. The van der Waals surface area contributed by atoms with Crippen LogP contribution in [0.5, 0.6) is 0 Å². The maximum atomic E-state index is 15.6. The lowest BCUT2D eigenvalue weighted by Crippen LogP contribution is -2.42. The predicted octanol–water partition coefficient (Wildman–Crippen LogP) is 6.45. The predicted molar refractivity (Wildman–Crippen MR) is 148 cm³/mol. The first-order valence-corrected chi connectivity index (χ1v) is 13.3. The summed E-state index contributed by atoms with van der Waals surface area (Å²) in [5, 5.41) is 6.77. The molecule has 5 rings (SSSR count). The number of piperidine rings is 1. The van der Waals surface area contributed by atoms with Crippen molar-refractivity contribution in [2.45, 2.75) is 31.9 Å². The minimum atomic E-state index is -2.97. The number of hydrogen-bond acceptors (Lipinski definition) is 6. The van der Waals surface area contributed by atoms with Gasteiger partial charge in [-0.2, -0.15) is 8.78 Å². The third-order valence-electron chi connectivity index (χ3n) is 7.55. The van der Waals surface area contributed by atoms with Crippen molar-refractivity contribution in [2.24, 2.45) is 0 Å². The van der Waals surface area contributed by atoms with E-state index < -0.39 is 29.8 Å². The summed E-state index contributed by atoms with van der Waals surface area (Å²) in [5.74, 6) is -3.26. The van der Waals surface area contributed by atoms with E-state index >= 15 is 8.78 Å². The lowest BCUT2D eigenvalue weighted by atomic mass is 9.99. The summed E-state index contributed by atoms with van der Waals surface area (Å²) < 4.78 is 76.0. The van der Waals surface area contributed by atoms with Gasteiger partial charge in [-0.1, -0.05) is 24.3 Å². The third-order valence-corrected chi connectivity index (χ3v) is 7.55. The molecule has 4 aromatic rings. The molecule has 1 saturated heterocycles. The van der Waals surface area contributed by atoms with Gasteiger partial charge < -0.3 is 19.1 Å². The molecule has 0 aliphatic carbocycles. The first-order valence-electron chi connectivity index (χ1n) is 13.3. The molecule has 1 aliphatic heterocycles. The van der Waals surface area contributed by atoms with Gasteiger partial charge in [0.15, 0.2) is 0 Å². The molecule has 0 saturated carbocycles. The minimum absolute atomic E-state index is 0.0377. The SMILES string of the molecule is CN1CCC(N(C)c2cc(-c3ccccc3F)c(F)cc2N(C=O)Cc2ccc(-c3nnc(C(F)F)o3)cc2F)CC1. The normalized spacial score (nSPS) is 14.4. The van der Waals surface area contributed by atoms with Crippen LogP contribution in [0.1, 0.15) is 30.7 Å². The van der Waals surface area contributed by atoms with E-state index in [4.69, 9.17) is 4.42 Å². The topological polar surface area (TPSA) is 65.7 Å². The number of rotatable bonds is 9. The number of halogens is 5. The van der Waals surface area contributed by atoms with Crippen LogP contribution < -0.4 is 9.80 Å². The summed E-state index contributed by atoms with van der Waals surface area (Å²) in [6, 6.07) is 12.4. The fraction of sp³-hybridized carbons (Fsp3) is 0.300. The molecular weight excluding hydrogens is 557 g/mol. The molecular formula is C30H28F5N5O2. The van der Waals surface area contributed by atoms with Crippen LogP contribution in [0.25, 0.3) is 22.6 Å². The second-order valence-electron chi connectivity index (χ2n) is 10.2. The number of anilines is 2. The summed E-state index contributed by atoms with van der Waals surface area (Å²) in [6.07, 6.45) is -0.856. The molecule has 0 bridgehead atoms. The lowest BCUT2D eigenvalue weighted by molar-refractivity contribution is -0.107. The smallest absolute Gasteiger partial charge is 0.314 e. The Bertz CT molecular complexity index is 1570. The molecule has 0 N–H and O–H groups in total. The van der Waals surface area contributed by atoms with E-state index in [0.29, 0.717) is 12.1 Å². The Kier molecular flexibility index (Phi) is 8.53. The summed E-state index contributed by atoms with van der Waals surface area (Å²) in [5.41, 5.74) is 0.942. The average Bonchev–Trinajstić information content (AvgIpc) is 3.48. The zero-order chi connectivity index (χ0) is 30.0. The highest BCUT2D eigenvalue weighted by atomic mass is 19.3. The molecule has 42 heavy (non-hydrogen) atoms. The summed E-state index contributed by atoms with van der Waals surface area (Å²) >= 11 is 0. The first kappa shape index (κ1) is 29.2. The van der Waals surface area contributed by atoms with E-state index in [-0.39, 0.29) is 46.4 Å². The Balaban J connectivity index is 1.51. The van der Waals surface area contributed by atoms with Crippen LogP contribution in [0, 0.1) is 17.5 Å². The van der Waals surface area contributed by atoms with Crippen molar-refractivity contribution in [1.82, 2.24) is 15.1 Å². The van der Waals surface area contributed by atoms with Crippen LogP contribution in [-0.2, 0) is 11.3 Å². The standard InChI is InChI=1S/C30H28F5N5O2/c1-38-11-9-20(10-12-38)39(2)26-14-22(21-5-3-4-6-23(21)31)25(33)15-27(26)40(17-41)16-19-8-7-18(13-24(19)32)29-36-37-30(42-29)28(34)35/h3-8,13-15,17,20,28H,9-12,16H2,1-2H3. The van der Waals surface area contributed by atoms with Gasteiger partial charge in [0, 0.05) is 41.4 Å². The van der Waals surface area contributed by atoms with Crippen molar-refractivity contribution >= 4 is 17.8 Å². The Morgan fingerprint density at radius 2 is 1.69 bits per heavy atom. The van der Waals surface area contributed by atoms with E-state index in [2.05, 4.69) is 15.1 Å². The van der Waals surface area contributed by atoms with E-state index in [1.807, 2.05) is 19.0 Å². The quantitative estimate of drug-likeness (QED) is 0.166. The molecule has 7 nitrogen and oxygen atoms in total. The maximum absolute atomic E-state index is 15.6. The van der Waals surface area contributed by atoms with Crippen LogP contribution in [0.3, 0.4) is 0 Å². The molecule has 1 fully saturated rings. The van der Waals surface area contributed by atoms with E-state index in [9.17, 15) is 18.0 Å². The van der Waals surface area contributed by atoms with Crippen molar-refractivity contribution in [1.29, 1.82) is 0 Å². The van der Waals surface area contributed by atoms with Gasteiger partial charge in [-0.25, -0.2) is 13.2 Å². The van der Waals surface area contributed by atoms with Crippen molar-refractivity contribution in [2.75, 3.05) is 37.0 Å². The molecule has 220 valence electrons. The number of carbonyl (C=O) groups is 1. The Hall–Kier alpha value is -4.32. The van der Waals surface area contributed by atoms with Gasteiger partial charge in [-0.05, 0) is 57.2 Å². The monoisotopic (exact) mass is 585 g/mol. The van der Waals surface area contributed by atoms with Gasteiger partial charge in [0.05, 0.1) is 17.9 Å². The van der Waals surface area contributed by atoms with Gasteiger partial charge in [-0.15, -0.1) is 10.2 Å². The Morgan fingerprint density at radius 3 is 2.33 bits per heavy atom. The van der Waals surface area contributed by atoms with E-state index in [0.717, 1.165) is 38.1 Å². The third kappa shape index (κ3) is 5.98. The number of alkyl halides is 2. The molecule has 0 unspecified atom stereocenters. The Labute approximate surface area is 239 Å². The molecule has 0 atom stereocenters.